The van der Waals surface area contributed by atoms with Gasteiger partial charge < -0.3 is 14.5 Å². The van der Waals surface area contributed by atoms with Crippen LogP contribution in [0.25, 0.3) is 11.0 Å². The molecule has 4 unspecified atom stereocenters. The number of aromatic nitrogens is 2. The van der Waals surface area contributed by atoms with Crippen LogP contribution in [-0.2, 0) is 9.63 Å². The lowest BCUT2D eigenvalue weighted by atomic mass is 9.69. The summed E-state index contributed by atoms with van der Waals surface area (Å²) in [4.78, 5) is 38.3. The maximum absolute atomic E-state index is 14.0. The Morgan fingerprint density at radius 1 is 1.05 bits per heavy atom. The third-order valence-corrected chi connectivity index (χ3v) is 9.62. The summed E-state index contributed by atoms with van der Waals surface area (Å²) in [6.07, 6.45) is 14.1. The molecular weight excluding hydrogens is 468 g/mol. The molecular formula is C29H38N4O4. The van der Waals surface area contributed by atoms with Gasteiger partial charge in [0, 0.05) is 36.8 Å². The van der Waals surface area contributed by atoms with Crippen molar-refractivity contribution < 1.29 is 14.7 Å². The number of para-hydroxylation sites is 2. The van der Waals surface area contributed by atoms with Crippen molar-refractivity contribution >= 4 is 23.2 Å². The van der Waals surface area contributed by atoms with Crippen LogP contribution >= 0.6 is 0 Å². The molecule has 2 aliphatic heterocycles. The molecule has 1 aromatic carbocycles. The minimum absolute atomic E-state index is 0.0530. The highest BCUT2D eigenvalue weighted by atomic mass is 16.6. The summed E-state index contributed by atoms with van der Waals surface area (Å²) >= 11 is 0. The number of benzene rings is 1. The van der Waals surface area contributed by atoms with Crippen LogP contribution in [0.1, 0.15) is 88.3 Å². The second kappa shape index (κ2) is 10.2. The smallest absolute Gasteiger partial charge is 0.313 e. The van der Waals surface area contributed by atoms with Crippen LogP contribution < -0.4 is 5.56 Å². The number of carbonyl (C=O) groups is 1. The first-order valence-corrected chi connectivity index (χ1v) is 14.1. The Kier molecular flexibility index (Phi) is 6.78. The Balaban J connectivity index is 1.33. The topological polar surface area (TPSA) is 97.0 Å². The molecule has 0 amide bonds. The van der Waals surface area contributed by atoms with Crippen molar-refractivity contribution in [2.75, 3.05) is 7.11 Å². The van der Waals surface area contributed by atoms with E-state index in [4.69, 9.17) is 4.84 Å². The van der Waals surface area contributed by atoms with Gasteiger partial charge in [0.15, 0.2) is 0 Å². The lowest BCUT2D eigenvalue weighted by molar-refractivity contribution is -0.138. The van der Waals surface area contributed by atoms with Gasteiger partial charge in [-0.2, -0.15) is 0 Å². The number of carboxylic acid groups (broad SMARTS) is 1. The molecule has 4 fully saturated rings. The fourth-order valence-corrected chi connectivity index (χ4v) is 8.25. The second-order valence-corrected chi connectivity index (χ2v) is 11.7. The highest BCUT2D eigenvalue weighted by Crippen LogP contribution is 2.48. The molecule has 2 saturated carbocycles. The number of nitrogens with zero attached hydrogens (tertiary/aromatic N) is 4. The molecule has 8 nitrogen and oxygen atoms in total. The number of fused-ring (bicyclic) bond motifs is 5. The van der Waals surface area contributed by atoms with Crippen LogP contribution in [-0.4, -0.2) is 57.0 Å². The average molecular weight is 507 g/mol. The summed E-state index contributed by atoms with van der Waals surface area (Å²) in [5.41, 5.74) is 1.28. The predicted molar refractivity (Wildman–Crippen MR) is 142 cm³/mol. The van der Waals surface area contributed by atoms with Gasteiger partial charge in [0.2, 0.25) is 0 Å². The highest BCUT2D eigenvalue weighted by Gasteiger charge is 2.47. The highest BCUT2D eigenvalue weighted by molar-refractivity contribution is 5.81. The third-order valence-electron chi connectivity index (χ3n) is 9.62. The van der Waals surface area contributed by atoms with Crippen molar-refractivity contribution in [1.29, 1.82) is 0 Å². The Bertz CT molecular complexity index is 1220. The van der Waals surface area contributed by atoms with E-state index in [2.05, 4.69) is 15.0 Å². The first kappa shape index (κ1) is 24.6. The number of piperidine rings is 1. The second-order valence-electron chi connectivity index (χ2n) is 11.7. The summed E-state index contributed by atoms with van der Waals surface area (Å²) in [7, 11) is 1.41. The molecule has 8 heteroatoms. The summed E-state index contributed by atoms with van der Waals surface area (Å²) in [6.45, 7) is 0. The summed E-state index contributed by atoms with van der Waals surface area (Å²) in [5, 5.41) is 13.7. The monoisotopic (exact) mass is 506 g/mol. The molecule has 2 aromatic rings. The van der Waals surface area contributed by atoms with Crippen molar-refractivity contribution in [3.63, 3.8) is 0 Å². The van der Waals surface area contributed by atoms with E-state index in [0.29, 0.717) is 23.6 Å². The zero-order chi connectivity index (χ0) is 25.5. The van der Waals surface area contributed by atoms with Crippen LogP contribution in [0.3, 0.4) is 0 Å². The van der Waals surface area contributed by atoms with E-state index in [-0.39, 0.29) is 23.7 Å². The molecule has 4 bridgehead atoms. The van der Waals surface area contributed by atoms with Gasteiger partial charge in [-0.15, -0.1) is 0 Å². The van der Waals surface area contributed by atoms with E-state index in [9.17, 15) is 14.7 Å². The van der Waals surface area contributed by atoms with Crippen LogP contribution in [0, 0.1) is 11.8 Å². The van der Waals surface area contributed by atoms with Crippen LogP contribution in [0.15, 0.2) is 34.2 Å². The summed E-state index contributed by atoms with van der Waals surface area (Å²) < 4.78 is 1.89. The van der Waals surface area contributed by atoms with Gasteiger partial charge in [-0.25, -0.2) is 4.98 Å². The largest absolute Gasteiger partial charge is 0.481 e. The SMILES string of the molecule is CON=CCC(C(=O)O)c1nc2ccccc2n([C@@H]2CC3CC[C@H](C2)N3C2CC3CCCC(C3)C2)c1=O. The van der Waals surface area contributed by atoms with Gasteiger partial charge >= 0.3 is 5.97 Å². The van der Waals surface area contributed by atoms with E-state index in [1.54, 1.807) is 0 Å². The molecule has 198 valence electrons. The summed E-state index contributed by atoms with van der Waals surface area (Å²) in [5.74, 6) is -0.343. The van der Waals surface area contributed by atoms with Crippen molar-refractivity contribution in [3.05, 3.63) is 40.3 Å². The molecule has 37 heavy (non-hydrogen) atoms. The van der Waals surface area contributed by atoms with E-state index >= 15 is 0 Å². The van der Waals surface area contributed by atoms with Gasteiger partial charge in [-0.3, -0.25) is 14.5 Å². The zero-order valence-corrected chi connectivity index (χ0v) is 21.7. The van der Waals surface area contributed by atoms with Crippen molar-refractivity contribution in [3.8, 4) is 0 Å². The Hall–Kier alpha value is -2.74. The molecule has 2 aliphatic carbocycles. The molecule has 0 radical (unpaired) electrons. The first-order chi connectivity index (χ1) is 18.0. The van der Waals surface area contributed by atoms with Gasteiger partial charge in [0.25, 0.3) is 5.56 Å². The molecule has 2 saturated heterocycles. The van der Waals surface area contributed by atoms with Crippen LogP contribution in [0.5, 0.6) is 0 Å². The first-order valence-electron chi connectivity index (χ1n) is 14.1. The molecule has 3 heterocycles. The number of hydrogen-bond donors (Lipinski definition) is 1. The molecule has 0 spiro atoms. The minimum atomic E-state index is -1.08. The Morgan fingerprint density at radius 2 is 1.76 bits per heavy atom. The molecule has 6 rings (SSSR count). The normalized spacial score (nSPS) is 32.6. The molecule has 4 aliphatic rings. The third kappa shape index (κ3) is 4.58. The number of aliphatic carboxylic acids is 1. The fraction of sp³-hybridized carbons (Fsp3) is 0.655. The predicted octanol–water partition coefficient (Wildman–Crippen LogP) is 4.72. The van der Waals surface area contributed by atoms with Gasteiger partial charge in [-0.05, 0) is 68.9 Å². The standard InChI is InChI=1S/C29H38N4O4/c1-37-30-12-11-24(29(35)36)27-28(34)33(26-8-3-2-7-25(26)31-27)23-16-20-9-10-21(17-23)32(20)22-14-18-5-4-6-19(13-18)15-22/h2-3,7-8,12,18-24H,4-6,9-11,13-17H2,1H3,(H,35,36)/t18?,19?,20-,21?,22?,23+,24?/m1/s1. The van der Waals surface area contributed by atoms with Crippen LogP contribution in [0.2, 0.25) is 0 Å². The van der Waals surface area contributed by atoms with Crippen LogP contribution in [0.4, 0.5) is 0 Å². The van der Waals surface area contributed by atoms with E-state index < -0.39 is 11.9 Å². The fourth-order valence-electron chi connectivity index (χ4n) is 8.25. The number of oxime groups is 1. The van der Waals surface area contributed by atoms with Crippen molar-refractivity contribution in [2.45, 2.75) is 101 Å². The number of rotatable bonds is 7. The van der Waals surface area contributed by atoms with Crippen molar-refractivity contribution in [1.82, 2.24) is 14.5 Å². The zero-order valence-electron chi connectivity index (χ0n) is 21.7. The van der Waals surface area contributed by atoms with Crippen molar-refractivity contribution in [2.24, 2.45) is 17.0 Å². The summed E-state index contributed by atoms with van der Waals surface area (Å²) in [6, 6.07) is 9.40. The maximum atomic E-state index is 14.0. The van der Waals surface area contributed by atoms with E-state index in [1.807, 2.05) is 28.8 Å². The van der Waals surface area contributed by atoms with E-state index in [1.165, 1.54) is 64.7 Å². The lowest BCUT2D eigenvalue weighted by Crippen LogP contribution is -2.52. The Labute approximate surface area is 217 Å². The molecule has 1 N–H and O–H groups in total. The number of hydrogen-bond acceptors (Lipinski definition) is 6. The van der Waals surface area contributed by atoms with Gasteiger partial charge in [-0.1, -0.05) is 36.6 Å². The average Bonchev–Trinajstić information content (AvgIpc) is 3.15. The van der Waals surface area contributed by atoms with E-state index in [0.717, 1.165) is 30.2 Å². The molecule has 1 aromatic heterocycles. The lowest BCUT2D eigenvalue weighted by Gasteiger charge is -2.49. The van der Waals surface area contributed by atoms with Gasteiger partial charge in [0.1, 0.15) is 18.7 Å². The minimum Gasteiger partial charge on any atom is -0.481 e. The quantitative estimate of drug-likeness (QED) is 0.431. The number of carboxylic acids is 1. The maximum Gasteiger partial charge on any atom is 0.313 e. The molecule has 6 atom stereocenters. The Morgan fingerprint density at radius 3 is 2.43 bits per heavy atom. The van der Waals surface area contributed by atoms with Gasteiger partial charge in [0.05, 0.1) is 11.0 Å².